The summed E-state index contributed by atoms with van der Waals surface area (Å²) in [5.41, 5.74) is 0.975. The largest absolute Gasteiger partial charge is 0.493 e. The van der Waals surface area contributed by atoms with E-state index in [4.69, 9.17) is 19.3 Å². The normalized spacial score (nSPS) is 18.5. The number of carbonyl (C=O) groups excluding carboxylic acids is 1. The van der Waals surface area contributed by atoms with E-state index in [0.717, 1.165) is 16.9 Å². The fourth-order valence-corrected chi connectivity index (χ4v) is 3.34. The zero-order valence-electron chi connectivity index (χ0n) is 19.0. The average molecular weight is 446 g/mol. The number of hydrogen-bond donors (Lipinski definition) is 2. The van der Waals surface area contributed by atoms with Crippen molar-refractivity contribution in [3.05, 3.63) is 52.1 Å². The lowest BCUT2D eigenvalue weighted by Gasteiger charge is -2.23. The van der Waals surface area contributed by atoms with Gasteiger partial charge in [0.1, 0.15) is 11.6 Å². The highest BCUT2D eigenvalue weighted by Gasteiger charge is 2.29. The van der Waals surface area contributed by atoms with Crippen LogP contribution in [0.25, 0.3) is 0 Å². The number of nitrogens with zero attached hydrogens (tertiary/aromatic N) is 2. The molecule has 0 aliphatic carbocycles. The van der Waals surface area contributed by atoms with Crippen LogP contribution < -0.4 is 15.7 Å². The number of hydrogen-bond acceptors (Lipinski definition) is 7. The Hall–Kier alpha value is -2.75. The van der Waals surface area contributed by atoms with Crippen LogP contribution in [0.4, 0.5) is 5.82 Å². The third-order valence-corrected chi connectivity index (χ3v) is 5.43. The number of ether oxygens (including phenoxy) is 3. The SMILES string of the molecule is Cc1ccc(C)c(OCCCC(C)(C)C(=O)Nc2ccn(C3COC(CO)O3)c(=O)n2)c1. The molecule has 3 rings (SSSR count). The molecule has 2 aromatic rings. The van der Waals surface area contributed by atoms with Gasteiger partial charge >= 0.3 is 5.69 Å². The second kappa shape index (κ2) is 10.2. The van der Waals surface area contributed by atoms with E-state index in [1.54, 1.807) is 0 Å². The minimum Gasteiger partial charge on any atom is -0.493 e. The predicted octanol–water partition coefficient (Wildman–Crippen LogP) is 2.55. The Morgan fingerprint density at radius 3 is 2.81 bits per heavy atom. The molecule has 2 atom stereocenters. The van der Waals surface area contributed by atoms with Crippen LogP contribution in [0.3, 0.4) is 0 Å². The van der Waals surface area contributed by atoms with Crippen LogP contribution in [0.15, 0.2) is 35.3 Å². The van der Waals surface area contributed by atoms with Crippen molar-refractivity contribution in [1.82, 2.24) is 9.55 Å². The Morgan fingerprint density at radius 2 is 2.12 bits per heavy atom. The number of rotatable bonds is 9. The Kier molecular flexibility index (Phi) is 7.65. The maximum Gasteiger partial charge on any atom is 0.351 e. The van der Waals surface area contributed by atoms with Crippen molar-refractivity contribution in [3.63, 3.8) is 0 Å². The highest BCUT2D eigenvalue weighted by atomic mass is 16.7. The van der Waals surface area contributed by atoms with Gasteiger partial charge in [-0.05, 0) is 49.9 Å². The Morgan fingerprint density at radius 1 is 1.34 bits per heavy atom. The molecule has 0 bridgehead atoms. The highest BCUT2D eigenvalue weighted by Crippen LogP contribution is 2.26. The van der Waals surface area contributed by atoms with Gasteiger partial charge in [0, 0.05) is 11.6 Å². The fraction of sp³-hybridized carbons (Fsp3) is 0.522. The topological polar surface area (TPSA) is 112 Å². The van der Waals surface area contributed by atoms with Gasteiger partial charge in [-0.15, -0.1) is 0 Å². The summed E-state index contributed by atoms with van der Waals surface area (Å²) in [4.78, 5) is 29.0. The van der Waals surface area contributed by atoms with Crippen LogP contribution in [0.5, 0.6) is 5.75 Å². The molecule has 1 aromatic carbocycles. The molecule has 2 unspecified atom stereocenters. The first-order valence-electron chi connectivity index (χ1n) is 10.7. The molecule has 9 heteroatoms. The third kappa shape index (κ3) is 5.93. The minimum absolute atomic E-state index is 0.135. The first kappa shape index (κ1) is 23.9. The van der Waals surface area contributed by atoms with Gasteiger partial charge in [0.25, 0.3) is 0 Å². The minimum atomic E-state index is -0.758. The monoisotopic (exact) mass is 445 g/mol. The molecule has 174 valence electrons. The number of anilines is 1. The summed E-state index contributed by atoms with van der Waals surface area (Å²) in [6.45, 7) is 8.07. The van der Waals surface area contributed by atoms with Crippen molar-refractivity contribution in [2.24, 2.45) is 5.41 Å². The zero-order valence-corrected chi connectivity index (χ0v) is 19.0. The molecule has 0 radical (unpaired) electrons. The van der Waals surface area contributed by atoms with Crippen molar-refractivity contribution in [2.75, 3.05) is 25.1 Å². The van der Waals surface area contributed by atoms with Gasteiger partial charge in [0.2, 0.25) is 5.91 Å². The summed E-state index contributed by atoms with van der Waals surface area (Å²) in [5, 5.41) is 11.8. The molecule has 0 saturated carbocycles. The van der Waals surface area contributed by atoms with E-state index >= 15 is 0 Å². The molecule has 9 nitrogen and oxygen atoms in total. The average Bonchev–Trinajstić information content (AvgIpc) is 3.22. The number of aryl methyl sites for hydroxylation is 2. The van der Waals surface area contributed by atoms with E-state index in [-0.39, 0.29) is 24.9 Å². The summed E-state index contributed by atoms with van der Waals surface area (Å²) in [5.74, 6) is 0.808. The molecule has 1 saturated heterocycles. The molecule has 0 spiro atoms. The third-order valence-electron chi connectivity index (χ3n) is 5.43. The smallest absolute Gasteiger partial charge is 0.351 e. The van der Waals surface area contributed by atoms with Gasteiger partial charge < -0.3 is 24.6 Å². The molecule has 1 aromatic heterocycles. The van der Waals surface area contributed by atoms with Crippen LogP contribution in [0.2, 0.25) is 0 Å². The number of nitrogens with one attached hydrogen (secondary N) is 1. The lowest BCUT2D eigenvalue weighted by atomic mass is 9.87. The number of benzene rings is 1. The van der Waals surface area contributed by atoms with Gasteiger partial charge in [-0.25, -0.2) is 4.79 Å². The Bertz CT molecular complexity index is 1000. The summed E-state index contributed by atoms with van der Waals surface area (Å²) in [6.07, 6.45) is 1.38. The molecule has 2 heterocycles. The van der Waals surface area contributed by atoms with Gasteiger partial charge in [-0.3, -0.25) is 9.36 Å². The maximum atomic E-state index is 12.8. The lowest BCUT2D eigenvalue weighted by Crippen LogP contribution is -2.33. The second-order valence-electron chi connectivity index (χ2n) is 8.60. The van der Waals surface area contributed by atoms with Crippen LogP contribution in [0, 0.1) is 19.3 Å². The number of aromatic nitrogens is 2. The first-order valence-corrected chi connectivity index (χ1v) is 10.7. The van der Waals surface area contributed by atoms with E-state index in [1.165, 1.54) is 16.8 Å². The van der Waals surface area contributed by atoms with E-state index in [9.17, 15) is 9.59 Å². The molecule has 32 heavy (non-hydrogen) atoms. The van der Waals surface area contributed by atoms with Crippen LogP contribution >= 0.6 is 0 Å². The fourth-order valence-electron chi connectivity index (χ4n) is 3.34. The van der Waals surface area contributed by atoms with E-state index < -0.39 is 23.6 Å². The van der Waals surface area contributed by atoms with Crippen LogP contribution in [0.1, 0.15) is 44.0 Å². The Labute approximate surface area is 187 Å². The standard InChI is InChI=1S/C23H31N3O6/c1-15-6-7-16(2)17(12-15)30-11-5-9-23(3,4)21(28)24-18-8-10-26(22(29)25-18)19-14-31-20(13-27)32-19/h6-8,10,12,19-20,27H,5,9,11,13-14H2,1-4H3,(H,24,25,28,29). The molecular formula is C23H31N3O6. The number of aliphatic hydroxyl groups is 1. The summed E-state index contributed by atoms with van der Waals surface area (Å²) < 4.78 is 17.8. The van der Waals surface area contributed by atoms with Gasteiger partial charge in [-0.1, -0.05) is 26.0 Å². The summed E-state index contributed by atoms with van der Waals surface area (Å²) in [6, 6.07) is 7.62. The molecule has 2 N–H and O–H groups in total. The van der Waals surface area contributed by atoms with E-state index in [0.29, 0.717) is 19.4 Å². The van der Waals surface area contributed by atoms with Crippen molar-refractivity contribution in [1.29, 1.82) is 0 Å². The van der Waals surface area contributed by atoms with Gasteiger partial charge in [0.15, 0.2) is 12.5 Å². The maximum absolute atomic E-state index is 12.8. The van der Waals surface area contributed by atoms with Crippen molar-refractivity contribution in [3.8, 4) is 5.75 Å². The van der Waals surface area contributed by atoms with Crippen molar-refractivity contribution >= 4 is 11.7 Å². The number of aliphatic hydroxyl groups excluding tert-OH is 1. The molecule has 1 aliphatic rings. The zero-order chi connectivity index (χ0) is 23.3. The van der Waals surface area contributed by atoms with E-state index in [1.807, 2.05) is 45.9 Å². The Balaban J connectivity index is 1.52. The van der Waals surface area contributed by atoms with E-state index in [2.05, 4.69) is 10.3 Å². The van der Waals surface area contributed by atoms with Crippen LogP contribution in [-0.2, 0) is 14.3 Å². The van der Waals surface area contributed by atoms with Crippen molar-refractivity contribution in [2.45, 2.75) is 53.1 Å². The van der Waals surface area contributed by atoms with Gasteiger partial charge in [0.05, 0.1) is 19.8 Å². The number of carbonyl (C=O) groups is 1. The number of amides is 1. The highest BCUT2D eigenvalue weighted by molar-refractivity contribution is 5.93. The molecular weight excluding hydrogens is 414 g/mol. The quantitative estimate of drug-likeness (QED) is 0.571. The van der Waals surface area contributed by atoms with Gasteiger partial charge in [-0.2, -0.15) is 4.98 Å². The summed E-state index contributed by atoms with van der Waals surface area (Å²) >= 11 is 0. The van der Waals surface area contributed by atoms with Crippen molar-refractivity contribution < 1.29 is 24.1 Å². The lowest BCUT2D eigenvalue weighted by molar-refractivity contribution is -0.124. The second-order valence-corrected chi connectivity index (χ2v) is 8.60. The molecule has 1 fully saturated rings. The molecule has 1 aliphatic heterocycles. The molecule has 1 amide bonds. The summed E-state index contributed by atoms with van der Waals surface area (Å²) in [7, 11) is 0. The predicted molar refractivity (Wildman–Crippen MR) is 119 cm³/mol. The first-order chi connectivity index (χ1) is 15.2. The van der Waals surface area contributed by atoms with Crippen LogP contribution in [-0.4, -0.2) is 46.7 Å².